The Hall–Kier alpha value is -1.79. The number of aliphatic carboxylic acids is 1. The molecule has 1 aliphatic carbocycles. The molecule has 0 spiro atoms. The van der Waals surface area contributed by atoms with Crippen LogP contribution in [0.5, 0.6) is 0 Å². The van der Waals surface area contributed by atoms with Gasteiger partial charge in [0.2, 0.25) is 5.91 Å². The van der Waals surface area contributed by atoms with E-state index in [9.17, 15) is 19.5 Å². The van der Waals surface area contributed by atoms with Crippen LogP contribution < -0.4 is 10.6 Å². The lowest BCUT2D eigenvalue weighted by Crippen LogP contribution is -2.59. The maximum absolute atomic E-state index is 12.3. The molecule has 0 radical (unpaired) electrons. The Labute approximate surface area is 124 Å². The van der Waals surface area contributed by atoms with E-state index in [1.54, 1.807) is 0 Å². The Morgan fingerprint density at radius 2 is 2.00 bits per heavy atom. The molecule has 0 unspecified atom stereocenters. The number of carbonyl (C=O) groups is 3. The van der Waals surface area contributed by atoms with Crippen molar-refractivity contribution < 1.29 is 19.5 Å². The third kappa shape index (κ3) is 3.65. The summed E-state index contributed by atoms with van der Waals surface area (Å²) in [5.74, 6) is -0.550. The molecule has 0 bridgehead atoms. The number of carbonyl (C=O) groups excluding carboxylic acids is 2. The largest absolute Gasteiger partial charge is 0.480 e. The van der Waals surface area contributed by atoms with Gasteiger partial charge in [0.15, 0.2) is 0 Å². The third-order valence-corrected chi connectivity index (χ3v) is 4.48. The van der Waals surface area contributed by atoms with Crippen LogP contribution in [-0.2, 0) is 9.59 Å². The highest BCUT2D eigenvalue weighted by molar-refractivity contribution is 5.87. The van der Waals surface area contributed by atoms with E-state index in [0.717, 1.165) is 12.8 Å². The summed E-state index contributed by atoms with van der Waals surface area (Å²) < 4.78 is 0. The first-order valence-electron chi connectivity index (χ1n) is 7.50. The molecule has 0 aromatic heterocycles. The number of carboxylic acid groups (broad SMARTS) is 1. The fourth-order valence-electron chi connectivity index (χ4n) is 2.90. The molecule has 0 atom stereocenters. The van der Waals surface area contributed by atoms with Crippen molar-refractivity contribution in [1.29, 1.82) is 0 Å². The summed E-state index contributed by atoms with van der Waals surface area (Å²) in [4.78, 5) is 36.8. The van der Waals surface area contributed by atoms with Crippen LogP contribution in [0, 0.1) is 5.92 Å². The SMILES string of the molecule is CC1CCC(NC(=O)N2CCNC(=O)CC2)(C(=O)O)CC1. The maximum Gasteiger partial charge on any atom is 0.329 e. The second-order valence-corrected chi connectivity index (χ2v) is 6.09. The zero-order chi connectivity index (χ0) is 15.5. The number of hydrogen-bond acceptors (Lipinski definition) is 3. The van der Waals surface area contributed by atoms with Crippen LogP contribution in [0.15, 0.2) is 0 Å². The Bertz CT molecular complexity index is 430. The molecule has 2 rings (SSSR count). The molecule has 2 aliphatic rings. The van der Waals surface area contributed by atoms with Crippen LogP contribution in [-0.4, -0.2) is 53.1 Å². The molecule has 1 aliphatic heterocycles. The molecule has 0 aromatic rings. The maximum atomic E-state index is 12.3. The highest BCUT2D eigenvalue weighted by Crippen LogP contribution is 2.32. The number of rotatable bonds is 2. The monoisotopic (exact) mass is 297 g/mol. The van der Waals surface area contributed by atoms with Crippen molar-refractivity contribution >= 4 is 17.9 Å². The Balaban J connectivity index is 2.01. The van der Waals surface area contributed by atoms with Gasteiger partial charge in [-0.15, -0.1) is 0 Å². The number of urea groups is 1. The second-order valence-electron chi connectivity index (χ2n) is 6.09. The van der Waals surface area contributed by atoms with E-state index in [4.69, 9.17) is 0 Å². The summed E-state index contributed by atoms with van der Waals surface area (Å²) in [7, 11) is 0. The first-order valence-corrected chi connectivity index (χ1v) is 7.50. The van der Waals surface area contributed by atoms with E-state index >= 15 is 0 Å². The van der Waals surface area contributed by atoms with Gasteiger partial charge in [-0.05, 0) is 31.6 Å². The molecule has 1 saturated heterocycles. The zero-order valence-corrected chi connectivity index (χ0v) is 12.4. The third-order valence-electron chi connectivity index (χ3n) is 4.48. The summed E-state index contributed by atoms with van der Waals surface area (Å²) in [6.45, 7) is 3.23. The lowest BCUT2D eigenvalue weighted by Gasteiger charge is -2.37. The first kappa shape index (κ1) is 15.6. The van der Waals surface area contributed by atoms with Crippen LogP contribution in [0.4, 0.5) is 4.79 Å². The van der Waals surface area contributed by atoms with Gasteiger partial charge in [0.1, 0.15) is 5.54 Å². The summed E-state index contributed by atoms with van der Waals surface area (Å²) in [5, 5.41) is 14.9. The van der Waals surface area contributed by atoms with Crippen LogP contribution in [0.1, 0.15) is 39.0 Å². The van der Waals surface area contributed by atoms with Gasteiger partial charge >= 0.3 is 12.0 Å². The molecule has 1 heterocycles. The van der Waals surface area contributed by atoms with Gasteiger partial charge in [-0.1, -0.05) is 6.92 Å². The number of nitrogens with zero attached hydrogens (tertiary/aromatic N) is 1. The highest BCUT2D eigenvalue weighted by atomic mass is 16.4. The summed E-state index contributed by atoms with van der Waals surface area (Å²) >= 11 is 0. The van der Waals surface area contributed by atoms with Crippen molar-refractivity contribution in [2.75, 3.05) is 19.6 Å². The molecular formula is C14H23N3O4. The molecule has 7 heteroatoms. The van der Waals surface area contributed by atoms with Crippen molar-refractivity contribution in [2.24, 2.45) is 5.92 Å². The molecular weight excluding hydrogens is 274 g/mol. The summed E-state index contributed by atoms with van der Waals surface area (Å²) in [5.41, 5.74) is -1.16. The van der Waals surface area contributed by atoms with E-state index in [1.807, 2.05) is 0 Å². The average Bonchev–Trinajstić information content (AvgIpc) is 2.66. The first-order chi connectivity index (χ1) is 9.93. The van der Waals surface area contributed by atoms with Gasteiger partial charge < -0.3 is 20.6 Å². The van der Waals surface area contributed by atoms with Gasteiger partial charge in [-0.3, -0.25) is 4.79 Å². The normalized spacial score (nSPS) is 30.2. The smallest absolute Gasteiger partial charge is 0.329 e. The van der Waals surface area contributed by atoms with Crippen molar-refractivity contribution in [2.45, 2.75) is 44.6 Å². The fraction of sp³-hybridized carbons (Fsp3) is 0.786. The van der Waals surface area contributed by atoms with Gasteiger partial charge in [-0.2, -0.15) is 0 Å². The standard InChI is InChI=1S/C14H23N3O4/c1-10-2-5-14(6-3-10,12(19)20)16-13(21)17-8-4-11(18)15-7-9-17/h10H,2-9H2,1H3,(H,15,18)(H,16,21)(H,19,20). The Morgan fingerprint density at radius 3 is 2.62 bits per heavy atom. The minimum absolute atomic E-state index is 0.0789. The lowest BCUT2D eigenvalue weighted by atomic mass is 9.77. The van der Waals surface area contributed by atoms with Gasteiger partial charge in [0.05, 0.1) is 0 Å². The van der Waals surface area contributed by atoms with Gasteiger partial charge in [0, 0.05) is 26.1 Å². The lowest BCUT2D eigenvalue weighted by molar-refractivity contribution is -0.146. The number of nitrogens with one attached hydrogen (secondary N) is 2. The molecule has 21 heavy (non-hydrogen) atoms. The average molecular weight is 297 g/mol. The van der Waals surface area contributed by atoms with E-state index in [0.29, 0.717) is 38.4 Å². The topological polar surface area (TPSA) is 98.7 Å². The Morgan fingerprint density at radius 1 is 1.33 bits per heavy atom. The van der Waals surface area contributed by atoms with Crippen LogP contribution >= 0.6 is 0 Å². The van der Waals surface area contributed by atoms with E-state index in [-0.39, 0.29) is 18.4 Å². The molecule has 118 valence electrons. The Kier molecular flexibility index (Phi) is 4.69. The van der Waals surface area contributed by atoms with Gasteiger partial charge in [-0.25, -0.2) is 9.59 Å². The molecule has 1 saturated carbocycles. The van der Waals surface area contributed by atoms with Crippen molar-refractivity contribution in [3.63, 3.8) is 0 Å². The summed E-state index contributed by atoms with van der Waals surface area (Å²) in [6.07, 6.45) is 2.77. The van der Waals surface area contributed by atoms with Crippen molar-refractivity contribution in [1.82, 2.24) is 15.5 Å². The van der Waals surface area contributed by atoms with E-state index in [2.05, 4.69) is 17.6 Å². The predicted octanol–water partition coefficient (Wildman–Crippen LogP) is 0.551. The van der Waals surface area contributed by atoms with Crippen molar-refractivity contribution in [3.05, 3.63) is 0 Å². The van der Waals surface area contributed by atoms with Crippen LogP contribution in [0.2, 0.25) is 0 Å². The van der Waals surface area contributed by atoms with Crippen LogP contribution in [0.25, 0.3) is 0 Å². The molecule has 3 N–H and O–H groups in total. The van der Waals surface area contributed by atoms with Crippen LogP contribution in [0.3, 0.4) is 0 Å². The quantitative estimate of drug-likeness (QED) is 0.693. The van der Waals surface area contributed by atoms with Gasteiger partial charge in [0.25, 0.3) is 0 Å². The molecule has 3 amide bonds. The number of carboxylic acids is 1. The minimum Gasteiger partial charge on any atom is -0.480 e. The molecule has 2 fully saturated rings. The fourth-order valence-corrected chi connectivity index (χ4v) is 2.90. The highest BCUT2D eigenvalue weighted by Gasteiger charge is 2.43. The number of amides is 3. The van der Waals surface area contributed by atoms with E-state index < -0.39 is 11.5 Å². The molecule has 7 nitrogen and oxygen atoms in total. The second kappa shape index (κ2) is 6.32. The van der Waals surface area contributed by atoms with Crippen molar-refractivity contribution in [3.8, 4) is 0 Å². The zero-order valence-electron chi connectivity index (χ0n) is 12.4. The number of hydrogen-bond donors (Lipinski definition) is 3. The van der Waals surface area contributed by atoms with E-state index in [1.165, 1.54) is 4.90 Å². The minimum atomic E-state index is -1.16. The molecule has 0 aromatic carbocycles. The summed E-state index contributed by atoms with van der Waals surface area (Å²) in [6, 6.07) is -0.386. The predicted molar refractivity (Wildman–Crippen MR) is 75.7 cm³/mol.